The monoisotopic (exact) mass is 266 g/mol. The molecule has 98 valence electrons. The van der Waals surface area contributed by atoms with E-state index >= 15 is 0 Å². The Morgan fingerprint density at radius 2 is 1.85 bits per heavy atom. The third-order valence-electron chi connectivity index (χ3n) is 2.66. The summed E-state index contributed by atoms with van der Waals surface area (Å²) < 4.78 is 10.2. The van der Waals surface area contributed by atoms with Crippen molar-refractivity contribution >= 4 is 25.6 Å². The van der Waals surface area contributed by atoms with Crippen LogP contribution in [0.25, 0.3) is 0 Å². The van der Waals surface area contributed by atoms with E-state index in [2.05, 4.69) is 4.74 Å². The number of hydrogen-bond donors (Lipinski definition) is 0. The Bertz CT molecular complexity index is 635. The van der Waals surface area contributed by atoms with Crippen molar-refractivity contribution in [3.8, 4) is 11.5 Å². The molecule has 0 heterocycles. The molecule has 2 rings (SSSR count). The summed E-state index contributed by atoms with van der Waals surface area (Å²) >= 11 is 0. The number of aldehydes is 1. The van der Waals surface area contributed by atoms with Crippen molar-refractivity contribution in [1.82, 2.24) is 0 Å². The van der Waals surface area contributed by atoms with Gasteiger partial charge in [0.15, 0.2) is 6.29 Å². The Labute approximate surface area is 117 Å². The summed E-state index contributed by atoms with van der Waals surface area (Å²) in [5.74, 6) is 0.489. The molecule has 0 unspecified atom stereocenters. The Kier molecular flexibility index (Phi) is 4.20. The van der Waals surface area contributed by atoms with E-state index in [0.29, 0.717) is 34.4 Å². The van der Waals surface area contributed by atoms with E-state index in [1.54, 1.807) is 36.4 Å². The minimum absolute atomic E-state index is 0.363. The Morgan fingerprint density at radius 1 is 1.15 bits per heavy atom. The molecule has 20 heavy (non-hydrogen) atoms. The standard InChI is InChI=1S/C15H11BO4/c1-19-15(18)10-2-5-13(6-3-10)20-14-7-4-12(16)8-11(14)9-17/h2-9H,1H3. The van der Waals surface area contributed by atoms with Crippen LogP contribution in [-0.4, -0.2) is 27.2 Å². The van der Waals surface area contributed by atoms with Crippen molar-refractivity contribution in [3.63, 3.8) is 0 Å². The maximum absolute atomic E-state index is 11.3. The highest BCUT2D eigenvalue weighted by Crippen LogP contribution is 2.24. The van der Waals surface area contributed by atoms with Crippen molar-refractivity contribution < 1.29 is 19.1 Å². The Balaban J connectivity index is 2.22. The second kappa shape index (κ2) is 6.06. The van der Waals surface area contributed by atoms with E-state index in [1.165, 1.54) is 13.2 Å². The highest BCUT2D eigenvalue weighted by atomic mass is 16.5. The molecule has 2 radical (unpaired) electrons. The summed E-state index contributed by atoms with van der Waals surface area (Å²) in [6.45, 7) is 0. The van der Waals surface area contributed by atoms with Gasteiger partial charge in [-0.2, -0.15) is 0 Å². The number of esters is 1. The van der Waals surface area contributed by atoms with Crippen LogP contribution < -0.4 is 10.2 Å². The van der Waals surface area contributed by atoms with Crippen LogP contribution in [0.5, 0.6) is 11.5 Å². The van der Waals surface area contributed by atoms with Gasteiger partial charge in [-0.1, -0.05) is 17.6 Å². The lowest BCUT2D eigenvalue weighted by Gasteiger charge is -2.09. The fourth-order valence-corrected chi connectivity index (χ4v) is 1.66. The van der Waals surface area contributed by atoms with Crippen LogP contribution in [0.1, 0.15) is 20.7 Å². The first kappa shape index (κ1) is 13.9. The second-order valence-corrected chi connectivity index (χ2v) is 4.03. The summed E-state index contributed by atoms with van der Waals surface area (Å²) in [6.07, 6.45) is 0.675. The fourth-order valence-electron chi connectivity index (χ4n) is 1.66. The first-order valence-electron chi connectivity index (χ1n) is 5.85. The van der Waals surface area contributed by atoms with Gasteiger partial charge in [-0.25, -0.2) is 4.79 Å². The molecule has 5 heteroatoms. The zero-order valence-corrected chi connectivity index (χ0v) is 10.8. The average Bonchev–Trinajstić information content (AvgIpc) is 2.49. The summed E-state index contributed by atoms with van der Waals surface area (Å²) in [6, 6.07) is 11.2. The molecule has 2 aromatic carbocycles. The molecule has 0 saturated carbocycles. The zero-order chi connectivity index (χ0) is 14.5. The van der Waals surface area contributed by atoms with Gasteiger partial charge < -0.3 is 9.47 Å². The fraction of sp³-hybridized carbons (Fsp3) is 0.0667. The zero-order valence-electron chi connectivity index (χ0n) is 10.8. The number of methoxy groups -OCH3 is 1. The Hall–Kier alpha value is -2.56. The molecule has 0 aromatic heterocycles. The smallest absolute Gasteiger partial charge is 0.337 e. The SMILES string of the molecule is [B]c1ccc(Oc2ccc(C(=O)OC)cc2)c(C=O)c1. The molecule has 0 saturated heterocycles. The minimum atomic E-state index is -0.419. The molecule has 0 atom stereocenters. The van der Waals surface area contributed by atoms with Crippen molar-refractivity contribution in [1.29, 1.82) is 0 Å². The molecule has 0 bridgehead atoms. The predicted octanol–water partition coefficient (Wildman–Crippen LogP) is 1.87. The first-order valence-corrected chi connectivity index (χ1v) is 5.85. The molecule has 0 N–H and O–H groups in total. The number of benzene rings is 2. The lowest BCUT2D eigenvalue weighted by molar-refractivity contribution is 0.0600. The molecular formula is C15H11BO4. The maximum atomic E-state index is 11.3. The molecule has 0 spiro atoms. The number of ether oxygens (including phenoxy) is 2. The molecule has 0 aliphatic carbocycles. The van der Waals surface area contributed by atoms with Crippen LogP contribution in [0, 0.1) is 0 Å². The van der Waals surface area contributed by atoms with Crippen LogP contribution in [0.4, 0.5) is 0 Å². The number of carbonyl (C=O) groups excluding carboxylic acids is 2. The van der Waals surface area contributed by atoms with Crippen LogP contribution in [0.3, 0.4) is 0 Å². The van der Waals surface area contributed by atoms with E-state index in [0.717, 1.165) is 0 Å². The first-order chi connectivity index (χ1) is 9.63. The van der Waals surface area contributed by atoms with Crippen molar-refractivity contribution in [2.45, 2.75) is 0 Å². The lowest BCUT2D eigenvalue weighted by Crippen LogP contribution is -2.04. The van der Waals surface area contributed by atoms with E-state index in [4.69, 9.17) is 12.6 Å². The largest absolute Gasteiger partial charge is 0.465 e. The number of hydrogen-bond acceptors (Lipinski definition) is 4. The molecule has 4 nitrogen and oxygen atoms in total. The number of carbonyl (C=O) groups is 2. The predicted molar refractivity (Wildman–Crippen MR) is 75.1 cm³/mol. The van der Waals surface area contributed by atoms with Crippen LogP contribution in [0.2, 0.25) is 0 Å². The van der Waals surface area contributed by atoms with Gasteiger partial charge in [-0.3, -0.25) is 4.79 Å². The lowest BCUT2D eigenvalue weighted by atomic mass is 9.94. The molecule has 0 amide bonds. The maximum Gasteiger partial charge on any atom is 0.337 e. The summed E-state index contributed by atoms with van der Waals surface area (Å²) in [5.41, 5.74) is 1.27. The van der Waals surface area contributed by atoms with E-state index in [9.17, 15) is 9.59 Å². The van der Waals surface area contributed by atoms with Gasteiger partial charge in [-0.15, -0.1) is 0 Å². The second-order valence-electron chi connectivity index (χ2n) is 4.03. The van der Waals surface area contributed by atoms with Crippen molar-refractivity contribution in [3.05, 3.63) is 53.6 Å². The van der Waals surface area contributed by atoms with Crippen LogP contribution in [0.15, 0.2) is 42.5 Å². The van der Waals surface area contributed by atoms with Gasteiger partial charge in [0, 0.05) is 0 Å². The third kappa shape index (κ3) is 3.06. The van der Waals surface area contributed by atoms with Crippen LogP contribution >= 0.6 is 0 Å². The van der Waals surface area contributed by atoms with Gasteiger partial charge in [-0.05, 0) is 30.3 Å². The molecule has 0 fully saturated rings. The van der Waals surface area contributed by atoms with Crippen molar-refractivity contribution in [2.24, 2.45) is 0 Å². The van der Waals surface area contributed by atoms with E-state index in [-0.39, 0.29) is 0 Å². The third-order valence-corrected chi connectivity index (χ3v) is 2.66. The van der Waals surface area contributed by atoms with Gasteiger partial charge in [0.1, 0.15) is 19.3 Å². The Morgan fingerprint density at radius 3 is 2.45 bits per heavy atom. The number of rotatable bonds is 4. The molecule has 0 aliphatic heterocycles. The van der Waals surface area contributed by atoms with E-state index < -0.39 is 5.97 Å². The highest BCUT2D eigenvalue weighted by Gasteiger charge is 2.07. The van der Waals surface area contributed by atoms with Gasteiger partial charge in [0.2, 0.25) is 0 Å². The normalized spacial score (nSPS) is 9.85. The average molecular weight is 266 g/mol. The van der Waals surface area contributed by atoms with Gasteiger partial charge >= 0.3 is 5.97 Å². The topological polar surface area (TPSA) is 52.6 Å². The quantitative estimate of drug-likeness (QED) is 0.481. The van der Waals surface area contributed by atoms with Gasteiger partial charge in [0.05, 0.1) is 18.2 Å². The minimum Gasteiger partial charge on any atom is -0.465 e. The van der Waals surface area contributed by atoms with Gasteiger partial charge in [0.25, 0.3) is 0 Å². The summed E-state index contributed by atoms with van der Waals surface area (Å²) in [7, 11) is 6.92. The molecule has 2 aromatic rings. The molecule has 0 aliphatic rings. The summed E-state index contributed by atoms with van der Waals surface area (Å²) in [4.78, 5) is 22.3. The summed E-state index contributed by atoms with van der Waals surface area (Å²) in [5, 5.41) is 0. The van der Waals surface area contributed by atoms with Crippen molar-refractivity contribution in [2.75, 3.05) is 7.11 Å². The van der Waals surface area contributed by atoms with Crippen LogP contribution in [-0.2, 0) is 4.74 Å². The highest BCUT2D eigenvalue weighted by molar-refractivity contribution is 6.32. The van der Waals surface area contributed by atoms with E-state index in [1.807, 2.05) is 0 Å². The molecular weight excluding hydrogens is 255 g/mol.